The summed E-state index contributed by atoms with van der Waals surface area (Å²) < 4.78 is 58.0. The predicted molar refractivity (Wildman–Crippen MR) is 221 cm³/mol. The van der Waals surface area contributed by atoms with Crippen molar-refractivity contribution in [3.63, 3.8) is 0 Å². The molecule has 0 saturated heterocycles. The Morgan fingerprint density at radius 3 is 1.22 bits per heavy atom. The first-order chi connectivity index (χ1) is 26.1. The van der Waals surface area contributed by atoms with Crippen LogP contribution in [0.3, 0.4) is 0 Å². The van der Waals surface area contributed by atoms with E-state index in [1.54, 1.807) is 36.4 Å². The Balaban J connectivity index is 0.00000399. The molecule has 0 atom stereocenters. The molecule has 0 saturated carbocycles. The minimum atomic E-state index is -4.20. The zero-order chi connectivity index (χ0) is 40.9. The fourth-order valence-corrected chi connectivity index (χ4v) is 9.83. The highest BCUT2D eigenvalue weighted by Crippen LogP contribution is 2.33. The van der Waals surface area contributed by atoms with E-state index >= 15 is 0 Å². The van der Waals surface area contributed by atoms with Crippen LogP contribution in [0.4, 0.5) is 11.4 Å². The van der Waals surface area contributed by atoms with Crippen LogP contribution in [0.1, 0.15) is 46.5 Å². The van der Waals surface area contributed by atoms with E-state index in [9.17, 15) is 36.6 Å². The summed E-state index contributed by atoms with van der Waals surface area (Å²) in [6.45, 7) is 6.05. The Labute approximate surface area is 326 Å². The number of carbonyl (C=O) groups is 2. The molecule has 4 rings (SSSR count). The van der Waals surface area contributed by atoms with Crippen LogP contribution in [-0.2, 0) is 29.6 Å². The second kappa shape index (κ2) is 20.6. The molecule has 0 bridgehead atoms. The van der Waals surface area contributed by atoms with Crippen molar-refractivity contribution >= 4 is 64.9 Å². The summed E-state index contributed by atoms with van der Waals surface area (Å²) in [5.74, 6) is -2.54. The molecule has 0 amide bonds. The van der Waals surface area contributed by atoms with E-state index in [1.165, 1.54) is 12.1 Å². The van der Waals surface area contributed by atoms with E-state index in [4.69, 9.17) is 0 Å². The van der Waals surface area contributed by atoms with Crippen LogP contribution < -0.4 is 9.80 Å². The van der Waals surface area contributed by atoms with Crippen molar-refractivity contribution in [1.82, 2.24) is 13.5 Å². The summed E-state index contributed by atoms with van der Waals surface area (Å²) in [4.78, 5) is 29.7. The molecule has 302 valence electrons. The van der Waals surface area contributed by atoms with E-state index in [-0.39, 0.29) is 22.9 Å². The quantitative estimate of drug-likeness (QED) is 0.104. The average Bonchev–Trinajstić information content (AvgIpc) is 3.15. The van der Waals surface area contributed by atoms with Gasteiger partial charge >= 0.3 is 11.9 Å². The topological polar surface area (TPSA) is 159 Å². The molecule has 2 N–H and O–H groups in total. The summed E-state index contributed by atoms with van der Waals surface area (Å²) in [7, 11) is -0.938. The Morgan fingerprint density at radius 1 is 0.527 bits per heavy atom. The molecule has 4 aromatic rings. The third kappa shape index (κ3) is 11.4. The number of aliphatic carboxylic acids is 2. The number of fused-ring (bicyclic) bond motifs is 2. The molecular formula is C40H57N5O8S2. The van der Waals surface area contributed by atoms with Gasteiger partial charge in [-0.2, -0.15) is 8.61 Å². The van der Waals surface area contributed by atoms with E-state index in [0.29, 0.717) is 43.2 Å². The Bertz CT molecular complexity index is 1980. The van der Waals surface area contributed by atoms with Gasteiger partial charge in [0.05, 0.1) is 9.79 Å². The summed E-state index contributed by atoms with van der Waals surface area (Å²) >= 11 is 0. The van der Waals surface area contributed by atoms with E-state index in [2.05, 4.69) is 4.90 Å². The van der Waals surface area contributed by atoms with Gasteiger partial charge in [-0.25, -0.2) is 16.8 Å². The zero-order valence-corrected chi connectivity index (χ0v) is 34.7. The first-order valence-corrected chi connectivity index (χ1v) is 21.5. The average molecular weight is 800 g/mol. The first kappa shape index (κ1) is 45.1. The van der Waals surface area contributed by atoms with Crippen LogP contribution in [0.5, 0.6) is 0 Å². The Hall–Kier alpha value is -4.28. The summed E-state index contributed by atoms with van der Waals surface area (Å²) in [5, 5.41) is 21.9. The Morgan fingerprint density at radius 2 is 0.873 bits per heavy atom. The van der Waals surface area contributed by atoms with Crippen molar-refractivity contribution in [2.45, 2.75) is 56.2 Å². The molecule has 15 heteroatoms. The minimum absolute atomic E-state index is 0.0339. The molecule has 0 heterocycles. The van der Waals surface area contributed by atoms with Crippen LogP contribution in [0.15, 0.2) is 82.6 Å². The molecule has 55 heavy (non-hydrogen) atoms. The highest BCUT2D eigenvalue weighted by Gasteiger charge is 2.30. The fraction of sp³-hybridized carbons (Fsp3) is 0.450. The lowest BCUT2D eigenvalue weighted by Gasteiger charge is -2.27. The maximum atomic E-state index is 14.0. The standard InChI is InChI=1S/C38H51N5O8S2.C2H6/c1-6-7-22-41(23-12-25-42(27-37(44)45)52(48,49)35-20-10-14-29-31(35)16-8-18-33(29)39(2)3)24-13-26-43(28-38(46)47)53(50,51)36-21-11-15-30-32(36)17-9-19-34(30)40(4)5;1-2/h8-11,14-21H,6-7,12-13,22-28H2,1-5H3,(H,44,45)(H,46,47);1-2H3. The Kier molecular flexibility index (Phi) is 16.9. The number of rotatable bonds is 21. The van der Waals surface area contributed by atoms with Crippen molar-refractivity contribution in [3.8, 4) is 0 Å². The van der Waals surface area contributed by atoms with Crippen LogP contribution in [0.2, 0.25) is 0 Å². The van der Waals surface area contributed by atoms with Gasteiger partial charge in [0.25, 0.3) is 0 Å². The number of hydrogen-bond acceptors (Lipinski definition) is 9. The van der Waals surface area contributed by atoms with Crippen molar-refractivity contribution in [1.29, 1.82) is 0 Å². The summed E-state index contributed by atoms with van der Waals surface area (Å²) in [6.07, 6.45) is 2.38. The SMILES string of the molecule is CC.CCCCN(CCCN(CC(=O)O)S(=O)(=O)c1cccc2c(N(C)C)cccc12)CCCN(CC(=O)O)S(=O)(=O)c1cccc2c(N(C)C)cccc12. The van der Waals surface area contributed by atoms with Crippen molar-refractivity contribution in [3.05, 3.63) is 72.8 Å². The monoisotopic (exact) mass is 799 g/mol. The van der Waals surface area contributed by atoms with Crippen LogP contribution in [0, 0.1) is 0 Å². The lowest BCUT2D eigenvalue weighted by molar-refractivity contribution is -0.138. The van der Waals surface area contributed by atoms with Crippen LogP contribution in [-0.4, -0.2) is 127 Å². The van der Waals surface area contributed by atoms with Gasteiger partial charge in [-0.05, 0) is 63.2 Å². The van der Waals surface area contributed by atoms with Crippen LogP contribution in [0.25, 0.3) is 21.5 Å². The molecule has 0 fully saturated rings. The normalized spacial score (nSPS) is 12.0. The largest absolute Gasteiger partial charge is 0.480 e. The number of carboxylic acids is 2. The van der Waals surface area contributed by atoms with Gasteiger partial charge in [0.15, 0.2) is 0 Å². The van der Waals surface area contributed by atoms with Gasteiger partial charge in [-0.1, -0.05) is 75.7 Å². The van der Waals surface area contributed by atoms with Gasteiger partial charge < -0.3 is 24.9 Å². The van der Waals surface area contributed by atoms with E-state index in [1.807, 2.05) is 83.0 Å². The highest BCUT2D eigenvalue weighted by atomic mass is 32.2. The van der Waals surface area contributed by atoms with Gasteiger partial charge in [0.2, 0.25) is 20.0 Å². The smallest absolute Gasteiger partial charge is 0.318 e. The second-order valence-electron chi connectivity index (χ2n) is 13.4. The maximum absolute atomic E-state index is 14.0. The van der Waals surface area contributed by atoms with Gasteiger partial charge in [-0.15, -0.1) is 0 Å². The van der Waals surface area contributed by atoms with E-state index < -0.39 is 45.1 Å². The van der Waals surface area contributed by atoms with Gasteiger partial charge in [0, 0.05) is 74.2 Å². The lowest BCUT2D eigenvalue weighted by atomic mass is 10.1. The van der Waals surface area contributed by atoms with E-state index in [0.717, 1.165) is 43.6 Å². The number of carboxylic acid groups (broad SMARTS) is 2. The number of anilines is 2. The molecule has 0 aromatic heterocycles. The molecule has 0 aliphatic heterocycles. The first-order valence-electron chi connectivity index (χ1n) is 18.6. The fourth-order valence-electron chi connectivity index (χ4n) is 6.57. The predicted octanol–water partition coefficient (Wildman–Crippen LogP) is 5.88. The summed E-state index contributed by atoms with van der Waals surface area (Å²) in [6, 6.07) is 20.7. The van der Waals surface area contributed by atoms with Crippen molar-refractivity contribution < 1.29 is 36.6 Å². The number of sulfonamides is 2. The minimum Gasteiger partial charge on any atom is -0.480 e. The number of unbranched alkanes of at least 4 members (excludes halogenated alkanes) is 1. The molecule has 0 radical (unpaired) electrons. The number of nitrogens with zero attached hydrogens (tertiary/aromatic N) is 5. The van der Waals surface area contributed by atoms with Gasteiger partial charge in [0.1, 0.15) is 13.1 Å². The zero-order valence-electron chi connectivity index (χ0n) is 33.1. The van der Waals surface area contributed by atoms with Gasteiger partial charge in [-0.3, -0.25) is 9.59 Å². The molecule has 13 nitrogen and oxygen atoms in total. The molecule has 0 unspecified atom stereocenters. The molecule has 4 aromatic carbocycles. The second-order valence-corrected chi connectivity index (χ2v) is 17.2. The van der Waals surface area contributed by atoms with Crippen molar-refractivity contribution in [2.75, 3.05) is 83.8 Å². The number of hydrogen-bond donors (Lipinski definition) is 2. The third-order valence-corrected chi connectivity index (χ3v) is 12.9. The number of benzene rings is 4. The summed E-state index contributed by atoms with van der Waals surface area (Å²) in [5.41, 5.74) is 1.67. The molecular weight excluding hydrogens is 743 g/mol. The van der Waals surface area contributed by atoms with Crippen LogP contribution >= 0.6 is 0 Å². The van der Waals surface area contributed by atoms with Crippen molar-refractivity contribution in [2.24, 2.45) is 0 Å². The molecule has 0 aliphatic rings. The molecule has 0 aliphatic carbocycles. The lowest BCUT2D eigenvalue weighted by Crippen LogP contribution is -2.39. The third-order valence-electron chi connectivity index (χ3n) is 9.13. The molecule has 0 spiro atoms. The highest BCUT2D eigenvalue weighted by molar-refractivity contribution is 7.89. The maximum Gasteiger partial charge on any atom is 0.318 e.